The van der Waals surface area contributed by atoms with Crippen molar-refractivity contribution in [2.75, 3.05) is 5.32 Å². The zero-order chi connectivity index (χ0) is 24.6. The number of allylic oxidation sites excluding steroid dienone is 2. The lowest BCUT2D eigenvalue weighted by Crippen LogP contribution is -2.35. The van der Waals surface area contributed by atoms with Crippen molar-refractivity contribution in [3.63, 3.8) is 0 Å². The molecule has 3 aromatic rings. The molecule has 4 heteroatoms. The summed E-state index contributed by atoms with van der Waals surface area (Å²) >= 11 is 0. The van der Waals surface area contributed by atoms with E-state index in [1.165, 1.54) is 25.3 Å². The summed E-state index contributed by atoms with van der Waals surface area (Å²) in [7, 11) is 0. The molecule has 1 aromatic heterocycles. The van der Waals surface area contributed by atoms with Gasteiger partial charge in [0.1, 0.15) is 11.9 Å². The molecular weight excluding hydrogens is 433 g/mol. The molecule has 0 spiro atoms. The minimum absolute atomic E-state index is 0.160. The highest BCUT2D eigenvalue weighted by Crippen LogP contribution is 2.70. The summed E-state index contributed by atoms with van der Waals surface area (Å²) in [5.74, 6) is 0.466. The standard InChI is InChI=1S/C31H32FN3/c1-4-26-28(21(2)35-27-13-12-23(19-33)29-25(27)11-7-17-34-29)30(3)15-16-31(26,20-30)14-6-9-22-8-5-10-24(32)18-22/h4-5,7-8,10-13,17-18,26,28,35H,1-2,6,9,14-16,20H2,3H3/t26-,28+,30+,31-/m1/s1. The molecule has 178 valence electrons. The van der Waals surface area contributed by atoms with Crippen LogP contribution in [0.3, 0.4) is 0 Å². The van der Waals surface area contributed by atoms with Gasteiger partial charge in [-0.1, -0.05) is 31.7 Å². The third kappa shape index (κ3) is 4.04. The molecule has 4 atom stereocenters. The molecule has 5 rings (SSSR count). The van der Waals surface area contributed by atoms with E-state index in [1.807, 2.05) is 30.3 Å². The third-order valence-corrected chi connectivity index (χ3v) is 8.61. The first kappa shape index (κ1) is 23.3. The Kier molecular flexibility index (Phi) is 5.97. The van der Waals surface area contributed by atoms with Gasteiger partial charge in [0, 0.05) is 28.9 Å². The molecular formula is C31H32FN3. The van der Waals surface area contributed by atoms with Crippen LogP contribution in [0.15, 0.2) is 79.7 Å². The molecule has 1 N–H and O–H groups in total. The van der Waals surface area contributed by atoms with Crippen LogP contribution in [0.1, 0.15) is 50.2 Å². The van der Waals surface area contributed by atoms with Crippen molar-refractivity contribution in [3.8, 4) is 6.07 Å². The van der Waals surface area contributed by atoms with Crippen LogP contribution in [-0.4, -0.2) is 4.98 Å². The van der Waals surface area contributed by atoms with Gasteiger partial charge in [0.05, 0.1) is 11.1 Å². The molecule has 1 heterocycles. The van der Waals surface area contributed by atoms with Crippen molar-refractivity contribution in [1.82, 2.24) is 4.98 Å². The summed E-state index contributed by atoms with van der Waals surface area (Å²) in [6.45, 7) is 11.2. The number of hydrogen-bond acceptors (Lipinski definition) is 3. The summed E-state index contributed by atoms with van der Waals surface area (Å²) in [6, 6.07) is 16.9. The monoisotopic (exact) mass is 465 g/mol. The van der Waals surface area contributed by atoms with Crippen LogP contribution < -0.4 is 5.32 Å². The lowest BCUT2D eigenvalue weighted by atomic mass is 9.64. The predicted octanol–water partition coefficient (Wildman–Crippen LogP) is 7.80. The number of aromatic nitrogens is 1. The maximum Gasteiger partial charge on any atom is 0.123 e. The van der Waals surface area contributed by atoms with Crippen LogP contribution in [0.4, 0.5) is 10.1 Å². The van der Waals surface area contributed by atoms with Crippen LogP contribution in [0.2, 0.25) is 0 Å². The van der Waals surface area contributed by atoms with E-state index in [0.29, 0.717) is 17.0 Å². The predicted molar refractivity (Wildman–Crippen MR) is 140 cm³/mol. The van der Waals surface area contributed by atoms with Crippen LogP contribution in [0.25, 0.3) is 10.9 Å². The molecule has 2 aromatic carbocycles. The largest absolute Gasteiger partial charge is 0.359 e. The number of hydrogen-bond donors (Lipinski definition) is 1. The number of rotatable bonds is 8. The Labute approximate surface area is 207 Å². The Morgan fingerprint density at radius 1 is 1.26 bits per heavy atom. The smallest absolute Gasteiger partial charge is 0.123 e. The van der Waals surface area contributed by atoms with Gasteiger partial charge < -0.3 is 5.32 Å². The number of nitrogens with zero attached hydrogens (tertiary/aromatic N) is 2. The Morgan fingerprint density at radius 2 is 2.11 bits per heavy atom. The van der Waals surface area contributed by atoms with Crippen molar-refractivity contribution >= 4 is 16.6 Å². The molecule has 2 aliphatic rings. The zero-order valence-electron chi connectivity index (χ0n) is 20.4. The molecule has 2 saturated carbocycles. The van der Waals surface area contributed by atoms with Crippen molar-refractivity contribution in [2.24, 2.45) is 22.7 Å². The first-order chi connectivity index (χ1) is 16.9. The third-order valence-electron chi connectivity index (χ3n) is 8.61. The average Bonchev–Trinajstić information content (AvgIpc) is 3.32. The van der Waals surface area contributed by atoms with Crippen molar-refractivity contribution in [3.05, 3.63) is 96.6 Å². The molecule has 2 fully saturated rings. The number of aryl methyl sites for hydroxylation is 1. The van der Waals surface area contributed by atoms with E-state index >= 15 is 0 Å². The zero-order valence-corrected chi connectivity index (χ0v) is 20.4. The van der Waals surface area contributed by atoms with Gasteiger partial charge in [0.15, 0.2) is 0 Å². The topological polar surface area (TPSA) is 48.7 Å². The van der Waals surface area contributed by atoms with E-state index in [2.05, 4.69) is 42.5 Å². The van der Waals surface area contributed by atoms with E-state index in [0.717, 1.165) is 41.6 Å². The second kappa shape index (κ2) is 8.96. The van der Waals surface area contributed by atoms with Crippen molar-refractivity contribution < 1.29 is 4.39 Å². The fourth-order valence-corrected chi connectivity index (χ4v) is 7.22. The van der Waals surface area contributed by atoms with E-state index in [4.69, 9.17) is 0 Å². The van der Waals surface area contributed by atoms with E-state index in [9.17, 15) is 9.65 Å². The Bertz CT molecular complexity index is 1340. The summed E-state index contributed by atoms with van der Waals surface area (Å²) < 4.78 is 13.6. The maximum absolute atomic E-state index is 13.6. The van der Waals surface area contributed by atoms with Gasteiger partial charge in [0.25, 0.3) is 0 Å². The van der Waals surface area contributed by atoms with Gasteiger partial charge in [0.2, 0.25) is 0 Å². The Hall–Kier alpha value is -3.45. The van der Waals surface area contributed by atoms with Gasteiger partial charge in [-0.05, 0) is 97.2 Å². The first-order valence-electron chi connectivity index (χ1n) is 12.5. The number of anilines is 1. The summed E-state index contributed by atoms with van der Waals surface area (Å²) in [5, 5.41) is 14.0. The Morgan fingerprint density at radius 3 is 2.89 bits per heavy atom. The van der Waals surface area contributed by atoms with Crippen LogP contribution in [0, 0.1) is 39.8 Å². The van der Waals surface area contributed by atoms with Gasteiger partial charge >= 0.3 is 0 Å². The van der Waals surface area contributed by atoms with Gasteiger partial charge in [-0.25, -0.2) is 4.39 Å². The van der Waals surface area contributed by atoms with Crippen LogP contribution in [-0.2, 0) is 6.42 Å². The fraction of sp³-hybridized carbons (Fsp3) is 0.355. The summed E-state index contributed by atoms with van der Waals surface area (Å²) in [6.07, 6.45) is 10.5. The number of halogens is 1. The highest BCUT2D eigenvalue weighted by Gasteiger charge is 2.62. The fourth-order valence-electron chi connectivity index (χ4n) is 7.22. The summed E-state index contributed by atoms with van der Waals surface area (Å²) in [4.78, 5) is 4.44. The minimum Gasteiger partial charge on any atom is -0.359 e. The van der Waals surface area contributed by atoms with Gasteiger partial charge in [-0.3, -0.25) is 4.98 Å². The molecule has 0 amide bonds. The molecule has 0 saturated heterocycles. The second-order valence-corrected chi connectivity index (χ2v) is 10.7. The normalized spacial score (nSPS) is 27.0. The van der Waals surface area contributed by atoms with E-state index < -0.39 is 0 Å². The van der Waals surface area contributed by atoms with Gasteiger partial charge in [-0.2, -0.15) is 5.26 Å². The number of fused-ring (bicyclic) bond motifs is 3. The van der Waals surface area contributed by atoms with Crippen LogP contribution >= 0.6 is 0 Å². The Balaban J connectivity index is 1.37. The number of nitriles is 1. The highest BCUT2D eigenvalue weighted by atomic mass is 19.1. The lowest BCUT2D eigenvalue weighted by Gasteiger charge is -2.41. The second-order valence-electron chi connectivity index (χ2n) is 10.7. The quantitative estimate of drug-likeness (QED) is 0.345. The number of benzene rings is 2. The van der Waals surface area contributed by atoms with Gasteiger partial charge in [-0.15, -0.1) is 6.58 Å². The molecule has 2 bridgehead atoms. The molecule has 0 unspecified atom stereocenters. The molecule has 35 heavy (non-hydrogen) atoms. The number of nitrogens with one attached hydrogen (secondary N) is 1. The molecule has 0 radical (unpaired) electrons. The molecule has 3 nitrogen and oxygen atoms in total. The van der Waals surface area contributed by atoms with Crippen LogP contribution in [0.5, 0.6) is 0 Å². The average molecular weight is 466 g/mol. The van der Waals surface area contributed by atoms with E-state index in [-0.39, 0.29) is 22.6 Å². The van der Waals surface area contributed by atoms with Crippen molar-refractivity contribution in [2.45, 2.75) is 45.4 Å². The van der Waals surface area contributed by atoms with E-state index in [1.54, 1.807) is 18.3 Å². The minimum atomic E-state index is -0.160. The maximum atomic E-state index is 13.6. The summed E-state index contributed by atoms with van der Waals surface area (Å²) in [5.41, 5.74) is 4.69. The SMILES string of the molecule is C=C[C@@H]1[C@H](C(=C)Nc2ccc(C#N)c3ncccc23)[C@@]2(C)CC[C@]1(CCCc1cccc(F)c1)C2. The lowest BCUT2D eigenvalue weighted by molar-refractivity contribution is 0.149. The molecule has 0 aliphatic heterocycles. The number of pyridine rings is 1. The molecule has 2 aliphatic carbocycles. The van der Waals surface area contributed by atoms with Crippen molar-refractivity contribution in [1.29, 1.82) is 5.26 Å². The highest BCUT2D eigenvalue weighted by molar-refractivity contribution is 5.95. The first-order valence-corrected chi connectivity index (χ1v) is 12.5.